The number of aryl methyl sites for hydroxylation is 1. The lowest BCUT2D eigenvalue weighted by molar-refractivity contribution is -0.170. The standard InChI is InChI=1S/C13H16BO6/c1-8-5-9(19-4-2-3-15)6-10-12(8)13(18,20-14-10)7-11(16)17/h5-6,15,18H,2-4,7H2,1H3,(H,16,17). The number of aliphatic carboxylic acids is 1. The molecule has 0 saturated heterocycles. The number of carbonyl (C=O) groups is 1. The summed E-state index contributed by atoms with van der Waals surface area (Å²) in [6.07, 6.45) is 0.00134. The van der Waals surface area contributed by atoms with Crippen LogP contribution in [-0.4, -0.2) is 42.0 Å². The van der Waals surface area contributed by atoms with Crippen molar-refractivity contribution in [1.29, 1.82) is 0 Å². The number of aliphatic hydroxyl groups is 2. The van der Waals surface area contributed by atoms with E-state index in [1.54, 1.807) is 19.1 Å². The lowest BCUT2D eigenvalue weighted by Gasteiger charge is -2.24. The monoisotopic (exact) mass is 279 g/mol. The van der Waals surface area contributed by atoms with Gasteiger partial charge in [0.05, 0.1) is 6.61 Å². The van der Waals surface area contributed by atoms with Crippen molar-refractivity contribution < 1.29 is 29.5 Å². The molecule has 1 heterocycles. The van der Waals surface area contributed by atoms with Crippen LogP contribution >= 0.6 is 0 Å². The number of fused-ring (bicyclic) bond motifs is 1. The Bertz CT molecular complexity index is 518. The van der Waals surface area contributed by atoms with Gasteiger partial charge >= 0.3 is 13.5 Å². The van der Waals surface area contributed by atoms with E-state index < -0.39 is 18.2 Å². The van der Waals surface area contributed by atoms with E-state index in [1.807, 2.05) is 0 Å². The van der Waals surface area contributed by atoms with E-state index in [1.165, 1.54) is 7.48 Å². The fourth-order valence-corrected chi connectivity index (χ4v) is 2.30. The maximum Gasteiger partial charge on any atom is 0.334 e. The molecule has 1 aliphatic rings. The van der Waals surface area contributed by atoms with E-state index in [9.17, 15) is 9.90 Å². The topological polar surface area (TPSA) is 96.2 Å². The van der Waals surface area contributed by atoms with Crippen LogP contribution in [0.5, 0.6) is 5.75 Å². The van der Waals surface area contributed by atoms with Crippen LogP contribution in [0.4, 0.5) is 0 Å². The first-order valence-corrected chi connectivity index (χ1v) is 6.30. The summed E-state index contributed by atoms with van der Waals surface area (Å²) in [6, 6.07) is 3.39. The van der Waals surface area contributed by atoms with E-state index in [4.69, 9.17) is 19.6 Å². The van der Waals surface area contributed by atoms with Crippen LogP contribution in [0.25, 0.3) is 0 Å². The SMILES string of the molecule is Cc1cc(OCCCO)cc2c1C(O)(CC(=O)O)O[B]2. The summed E-state index contributed by atoms with van der Waals surface area (Å²) < 4.78 is 10.6. The third-order valence-electron chi connectivity index (χ3n) is 3.07. The largest absolute Gasteiger partial charge is 0.494 e. The van der Waals surface area contributed by atoms with Crippen molar-refractivity contribution in [3.8, 4) is 5.75 Å². The zero-order valence-corrected chi connectivity index (χ0v) is 11.1. The summed E-state index contributed by atoms with van der Waals surface area (Å²) >= 11 is 0. The molecule has 0 fully saturated rings. The average molecular weight is 279 g/mol. The molecule has 1 atom stereocenters. The van der Waals surface area contributed by atoms with Crippen LogP contribution in [0.2, 0.25) is 0 Å². The van der Waals surface area contributed by atoms with Gasteiger partial charge < -0.3 is 24.7 Å². The molecule has 6 nitrogen and oxygen atoms in total. The van der Waals surface area contributed by atoms with Crippen molar-refractivity contribution in [3.63, 3.8) is 0 Å². The van der Waals surface area contributed by atoms with Gasteiger partial charge in [-0.25, -0.2) is 0 Å². The second-order valence-electron chi connectivity index (χ2n) is 4.72. The van der Waals surface area contributed by atoms with Crippen molar-refractivity contribution in [2.45, 2.75) is 25.6 Å². The molecule has 0 aromatic heterocycles. The van der Waals surface area contributed by atoms with Crippen LogP contribution in [-0.2, 0) is 15.2 Å². The van der Waals surface area contributed by atoms with Crippen LogP contribution in [0, 0.1) is 6.92 Å². The summed E-state index contributed by atoms with van der Waals surface area (Å²) in [4.78, 5) is 10.8. The minimum absolute atomic E-state index is 0.0531. The van der Waals surface area contributed by atoms with E-state index in [2.05, 4.69) is 0 Å². The summed E-state index contributed by atoms with van der Waals surface area (Å²) in [5, 5.41) is 27.9. The van der Waals surface area contributed by atoms with Gasteiger partial charge in [-0.3, -0.25) is 4.79 Å². The molecule has 1 unspecified atom stereocenters. The van der Waals surface area contributed by atoms with Gasteiger partial charge in [0, 0.05) is 18.6 Å². The maximum absolute atomic E-state index is 10.8. The Morgan fingerprint density at radius 1 is 1.50 bits per heavy atom. The molecule has 1 radical (unpaired) electrons. The van der Waals surface area contributed by atoms with Gasteiger partial charge in [-0.15, -0.1) is 0 Å². The number of carboxylic acids is 1. The number of rotatable bonds is 6. The van der Waals surface area contributed by atoms with Crippen LogP contribution in [0.3, 0.4) is 0 Å². The molecular formula is C13H16BO6. The molecule has 3 N–H and O–H groups in total. The fourth-order valence-electron chi connectivity index (χ4n) is 2.30. The van der Waals surface area contributed by atoms with Crippen molar-refractivity contribution in [2.75, 3.05) is 13.2 Å². The first-order chi connectivity index (χ1) is 9.46. The minimum atomic E-state index is -1.82. The van der Waals surface area contributed by atoms with Crippen molar-refractivity contribution in [1.82, 2.24) is 0 Å². The Kier molecular flexibility index (Phi) is 4.32. The van der Waals surface area contributed by atoms with Crippen molar-refractivity contribution >= 4 is 18.9 Å². The number of ether oxygens (including phenoxy) is 1. The number of hydrogen-bond acceptors (Lipinski definition) is 5. The van der Waals surface area contributed by atoms with Gasteiger partial charge in [-0.05, 0) is 30.1 Å². The zero-order valence-electron chi connectivity index (χ0n) is 11.1. The summed E-state index contributed by atoms with van der Waals surface area (Å²) in [7, 11) is 1.34. The van der Waals surface area contributed by atoms with Crippen LogP contribution in [0.15, 0.2) is 12.1 Å². The zero-order chi connectivity index (χ0) is 14.8. The molecule has 0 saturated carbocycles. The molecule has 107 valence electrons. The lowest BCUT2D eigenvalue weighted by Crippen LogP contribution is -2.30. The number of carboxylic acid groups (broad SMARTS) is 1. The molecule has 0 amide bonds. The van der Waals surface area contributed by atoms with Crippen molar-refractivity contribution in [3.05, 3.63) is 23.3 Å². The molecule has 1 aromatic carbocycles. The highest BCUT2D eigenvalue weighted by Crippen LogP contribution is 2.33. The number of aliphatic hydroxyl groups excluding tert-OH is 1. The van der Waals surface area contributed by atoms with E-state index in [0.717, 1.165) is 0 Å². The Labute approximate surface area is 117 Å². The third kappa shape index (κ3) is 2.95. The second kappa shape index (κ2) is 5.82. The highest BCUT2D eigenvalue weighted by atomic mass is 16.6. The molecule has 0 bridgehead atoms. The Balaban J connectivity index is 2.25. The minimum Gasteiger partial charge on any atom is -0.494 e. The van der Waals surface area contributed by atoms with Crippen LogP contribution < -0.4 is 10.2 Å². The predicted molar refractivity (Wildman–Crippen MR) is 71.0 cm³/mol. The molecule has 0 aliphatic carbocycles. The fraction of sp³-hybridized carbons (Fsp3) is 0.462. The highest BCUT2D eigenvalue weighted by Gasteiger charge is 2.42. The Morgan fingerprint density at radius 3 is 2.90 bits per heavy atom. The normalized spacial score (nSPS) is 20.4. The molecule has 1 aliphatic heterocycles. The average Bonchev–Trinajstić information content (AvgIpc) is 2.66. The van der Waals surface area contributed by atoms with E-state index in [0.29, 0.717) is 35.4 Å². The molecule has 2 rings (SSSR count). The number of hydrogen-bond donors (Lipinski definition) is 3. The van der Waals surface area contributed by atoms with Gasteiger partial charge in [0.1, 0.15) is 12.2 Å². The molecule has 0 spiro atoms. The summed E-state index contributed by atoms with van der Waals surface area (Å²) in [5.41, 5.74) is 1.75. The molecule has 20 heavy (non-hydrogen) atoms. The van der Waals surface area contributed by atoms with Gasteiger partial charge in [-0.1, -0.05) is 0 Å². The van der Waals surface area contributed by atoms with E-state index in [-0.39, 0.29) is 6.61 Å². The first-order valence-electron chi connectivity index (χ1n) is 6.30. The maximum atomic E-state index is 10.8. The predicted octanol–water partition coefficient (Wildman–Crippen LogP) is -0.349. The lowest BCUT2D eigenvalue weighted by atomic mass is 9.83. The summed E-state index contributed by atoms with van der Waals surface area (Å²) in [6.45, 7) is 2.19. The first kappa shape index (κ1) is 14.8. The summed E-state index contributed by atoms with van der Waals surface area (Å²) in [5.74, 6) is -2.37. The molecular weight excluding hydrogens is 263 g/mol. The van der Waals surface area contributed by atoms with Gasteiger partial charge in [-0.2, -0.15) is 0 Å². The highest BCUT2D eigenvalue weighted by molar-refractivity contribution is 6.49. The molecule has 1 aromatic rings. The van der Waals surface area contributed by atoms with Gasteiger partial charge in [0.2, 0.25) is 0 Å². The van der Waals surface area contributed by atoms with Gasteiger partial charge in [0.25, 0.3) is 0 Å². The Hall–Kier alpha value is -1.57. The van der Waals surface area contributed by atoms with E-state index >= 15 is 0 Å². The quantitative estimate of drug-likeness (QED) is 0.486. The second-order valence-corrected chi connectivity index (χ2v) is 4.72. The van der Waals surface area contributed by atoms with Gasteiger partial charge in [0.15, 0.2) is 5.79 Å². The third-order valence-corrected chi connectivity index (χ3v) is 3.07. The number of benzene rings is 1. The Morgan fingerprint density at radius 2 is 2.25 bits per heavy atom. The van der Waals surface area contributed by atoms with Crippen LogP contribution in [0.1, 0.15) is 24.0 Å². The molecule has 7 heteroatoms. The van der Waals surface area contributed by atoms with Crippen molar-refractivity contribution in [2.24, 2.45) is 0 Å². The smallest absolute Gasteiger partial charge is 0.334 e.